The van der Waals surface area contributed by atoms with Crippen molar-refractivity contribution in [1.29, 1.82) is 0 Å². The number of hydrogen-bond acceptors (Lipinski definition) is 5. The van der Waals surface area contributed by atoms with Crippen LogP contribution in [0, 0.1) is 6.92 Å². The minimum Gasteiger partial charge on any atom is -0.383 e. The fourth-order valence-electron chi connectivity index (χ4n) is 1.06. The van der Waals surface area contributed by atoms with Gasteiger partial charge in [0.25, 0.3) is 0 Å². The van der Waals surface area contributed by atoms with Gasteiger partial charge in [-0.3, -0.25) is 0 Å². The first kappa shape index (κ1) is 12.4. The molecular formula is C9H16N4O3. The molecule has 0 spiro atoms. The standard InChI is InChI=1S/C9H16N4O3/c1-7-12-8(13-16-7)3-4-10-9(14)11-5-6-15-2/h3-6H2,1-2H3,(H2,10,11,14). The minimum absolute atomic E-state index is 0.225. The Morgan fingerprint density at radius 3 is 2.81 bits per heavy atom. The fourth-order valence-corrected chi connectivity index (χ4v) is 1.06. The summed E-state index contributed by atoms with van der Waals surface area (Å²) >= 11 is 0. The van der Waals surface area contributed by atoms with E-state index in [0.29, 0.717) is 37.8 Å². The van der Waals surface area contributed by atoms with E-state index in [4.69, 9.17) is 9.26 Å². The highest BCUT2D eigenvalue weighted by Crippen LogP contribution is 1.94. The van der Waals surface area contributed by atoms with Gasteiger partial charge in [-0.1, -0.05) is 5.16 Å². The van der Waals surface area contributed by atoms with Crippen molar-refractivity contribution in [1.82, 2.24) is 20.8 Å². The number of aryl methyl sites for hydroxylation is 1. The molecule has 0 atom stereocenters. The SMILES string of the molecule is COCCNC(=O)NCCc1noc(C)n1. The maximum Gasteiger partial charge on any atom is 0.314 e. The first-order valence-corrected chi connectivity index (χ1v) is 5.02. The third-order valence-corrected chi connectivity index (χ3v) is 1.80. The first-order valence-electron chi connectivity index (χ1n) is 5.02. The average Bonchev–Trinajstić information content (AvgIpc) is 2.65. The van der Waals surface area contributed by atoms with Crippen LogP contribution in [0.25, 0.3) is 0 Å². The van der Waals surface area contributed by atoms with Gasteiger partial charge in [0.05, 0.1) is 6.61 Å². The maximum absolute atomic E-state index is 11.2. The summed E-state index contributed by atoms with van der Waals surface area (Å²) in [5.41, 5.74) is 0. The molecule has 1 rings (SSSR count). The number of aromatic nitrogens is 2. The van der Waals surface area contributed by atoms with E-state index in [0.717, 1.165) is 0 Å². The molecule has 7 heteroatoms. The number of carbonyl (C=O) groups excluding carboxylic acids is 1. The van der Waals surface area contributed by atoms with Gasteiger partial charge in [0.1, 0.15) is 0 Å². The molecule has 0 aromatic carbocycles. The number of hydrogen-bond donors (Lipinski definition) is 2. The van der Waals surface area contributed by atoms with E-state index in [9.17, 15) is 4.79 Å². The Morgan fingerprint density at radius 2 is 2.19 bits per heavy atom. The molecule has 2 N–H and O–H groups in total. The Labute approximate surface area is 93.5 Å². The molecule has 0 fully saturated rings. The van der Waals surface area contributed by atoms with Gasteiger partial charge in [-0.2, -0.15) is 4.98 Å². The van der Waals surface area contributed by atoms with E-state index in [1.54, 1.807) is 14.0 Å². The van der Waals surface area contributed by atoms with Crippen LogP contribution < -0.4 is 10.6 Å². The van der Waals surface area contributed by atoms with E-state index in [1.807, 2.05) is 0 Å². The van der Waals surface area contributed by atoms with Crippen LogP contribution in [0.1, 0.15) is 11.7 Å². The van der Waals surface area contributed by atoms with Gasteiger partial charge in [0.15, 0.2) is 5.82 Å². The number of ether oxygens (including phenoxy) is 1. The molecule has 90 valence electrons. The highest BCUT2D eigenvalue weighted by molar-refractivity contribution is 5.73. The number of rotatable bonds is 6. The second-order valence-corrected chi connectivity index (χ2v) is 3.16. The molecule has 2 amide bonds. The Hall–Kier alpha value is -1.63. The molecule has 0 aliphatic heterocycles. The van der Waals surface area contributed by atoms with Crippen molar-refractivity contribution in [2.45, 2.75) is 13.3 Å². The normalized spacial score (nSPS) is 10.1. The van der Waals surface area contributed by atoms with Gasteiger partial charge in [-0.25, -0.2) is 4.79 Å². The lowest BCUT2D eigenvalue weighted by Crippen LogP contribution is -2.38. The smallest absolute Gasteiger partial charge is 0.314 e. The molecule has 0 bridgehead atoms. The van der Waals surface area contributed by atoms with Gasteiger partial charge < -0.3 is 19.9 Å². The Morgan fingerprint density at radius 1 is 1.44 bits per heavy atom. The van der Waals surface area contributed by atoms with Gasteiger partial charge in [0, 0.05) is 33.5 Å². The summed E-state index contributed by atoms with van der Waals surface area (Å²) in [6.07, 6.45) is 0.551. The third-order valence-electron chi connectivity index (χ3n) is 1.80. The van der Waals surface area contributed by atoms with Crippen LogP contribution in [-0.2, 0) is 11.2 Å². The summed E-state index contributed by atoms with van der Waals surface area (Å²) in [7, 11) is 1.58. The van der Waals surface area contributed by atoms with E-state index >= 15 is 0 Å². The van der Waals surface area contributed by atoms with Crippen molar-refractivity contribution in [3.63, 3.8) is 0 Å². The van der Waals surface area contributed by atoms with Gasteiger partial charge in [-0.05, 0) is 0 Å². The number of urea groups is 1. The molecule has 0 radical (unpaired) electrons. The van der Waals surface area contributed by atoms with Crippen molar-refractivity contribution in [2.24, 2.45) is 0 Å². The van der Waals surface area contributed by atoms with Crippen LogP contribution in [0.3, 0.4) is 0 Å². The molecule has 0 unspecified atom stereocenters. The van der Waals surface area contributed by atoms with Crippen LogP contribution in [-0.4, -0.2) is 43.0 Å². The van der Waals surface area contributed by atoms with Crippen LogP contribution in [0.15, 0.2) is 4.52 Å². The topological polar surface area (TPSA) is 89.3 Å². The quantitative estimate of drug-likeness (QED) is 0.662. The molecule has 0 aliphatic rings. The zero-order chi connectivity index (χ0) is 11.8. The van der Waals surface area contributed by atoms with Crippen LogP contribution in [0.2, 0.25) is 0 Å². The number of amides is 2. The van der Waals surface area contributed by atoms with E-state index in [2.05, 4.69) is 20.8 Å². The number of nitrogens with one attached hydrogen (secondary N) is 2. The molecule has 0 saturated carbocycles. The lowest BCUT2D eigenvalue weighted by Gasteiger charge is -2.05. The van der Waals surface area contributed by atoms with Crippen LogP contribution in [0.5, 0.6) is 0 Å². The summed E-state index contributed by atoms with van der Waals surface area (Å²) in [5, 5.41) is 9.02. The molecule has 0 saturated heterocycles. The van der Waals surface area contributed by atoms with Crippen molar-refractivity contribution >= 4 is 6.03 Å². The summed E-state index contributed by atoms with van der Waals surface area (Å²) in [6, 6.07) is -0.225. The number of carbonyl (C=O) groups is 1. The largest absolute Gasteiger partial charge is 0.383 e. The van der Waals surface area contributed by atoms with Crippen molar-refractivity contribution in [3.05, 3.63) is 11.7 Å². The van der Waals surface area contributed by atoms with Gasteiger partial charge in [0.2, 0.25) is 5.89 Å². The zero-order valence-electron chi connectivity index (χ0n) is 9.45. The van der Waals surface area contributed by atoms with Gasteiger partial charge in [-0.15, -0.1) is 0 Å². The Balaban J connectivity index is 2.08. The fraction of sp³-hybridized carbons (Fsp3) is 0.667. The summed E-state index contributed by atoms with van der Waals surface area (Å²) in [5.74, 6) is 1.12. The van der Waals surface area contributed by atoms with Crippen LogP contribution >= 0.6 is 0 Å². The monoisotopic (exact) mass is 228 g/mol. The van der Waals surface area contributed by atoms with Crippen LogP contribution in [0.4, 0.5) is 4.79 Å². The van der Waals surface area contributed by atoms with Gasteiger partial charge >= 0.3 is 6.03 Å². The van der Waals surface area contributed by atoms with Crippen molar-refractivity contribution < 1.29 is 14.1 Å². The van der Waals surface area contributed by atoms with E-state index < -0.39 is 0 Å². The number of methoxy groups -OCH3 is 1. The molecule has 1 aromatic heterocycles. The summed E-state index contributed by atoms with van der Waals surface area (Å²) in [6.45, 7) is 3.18. The molecule has 16 heavy (non-hydrogen) atoms. The molecule has 0 aliphatic carbocycles. The maximum atomic E-state index is 11.2. The first-order chi connectivity index (χ1) is 7.72. The Kier molecular flexibility index (Phi) is 5.27. The van der Waals surface area contributed by atoms with E-state index in [1.165, 1.54) is 0 Å². The van der Waals surface area contributed by atoms with E-state index in [-0.39, 0.29) is 6.03 Å². The third kappa shape index (κ3) is 4.74. The summed E-state index contributed by atoms with van der Waals surface area (Å²) in [4.78, 5) is 15.2. The molecule has 1 aromatic rings. The lowest BCUT2D eigenvalue weighted by molar-refractivity contribution is 0.196. The Bertz CT molecular complexity index is 326. The molecule has 7 nitrogen and oxygen atoms in total. The zero-order valence-corrected chi connectivity index (χ0v) is 9.45. The van der Waals surface area contributed by atoms with Crippen molar-refractivity contribution in [2.75, 3.05) is 26.8 Å². The average molecular weight is 228 g/mol. The predicted octanol–water partition coefficient (Wildman–Crippen LogP) is -0.134. The highest BCUT2D eigenvalue weighted by Gasteiger charge is 2.03. The molecule has 1 heterocycles. The second kappa shape index (κ2) is 6.78. The number of nitrogens with zero attached hydrogens (tertiary/aromatic N) is 2. The lowest BCUT2D eigenvalue weighted by atomic mass is 10.4. The predicted molar refractivity (Wildman–Crippen MR) is 56.0 cm³/mol. The van der Waals surface area contributed by atoms with Crippen molar-refractivity contribution in [3.8, 4) is 0 Å². The minimum atomic E-state index is -0.225. The second-order valence-electron chi connectivity index (χ2n) is 3.16. The molecular weight excluding hydrogens is 212 g/mol. The summed E-state index contributed by atoms with van der Waals surface area (Å²) < 4.78 is 9.59. The highest BCUT2D eigenvalue weighted by atomic mass is 16.5.